The molecule has 1 unspecified atom stereocenters. The van der Waals surface area contributed by atoms with E-state index in [1.807, 2.05) is 0 Å². The van der Waals surface area contributed by atoms with Crippen molar-refractivity contribution in [2.45, 2.75) is 6.10 Å². The number of carboxylic acids is 1. The van der Waals surface area contributed by atoms with Crippen LogP contribution in [0.1, 0.15) is 15.9 Å². The number of methoxy groups -OCH3 is 1. The van der Waals surface area contributed by atoms with Crippen molar-refractivity contribution in [1.82, 2.24) is 10.2 Å². The first-order chi connectivity index (χ1) is 10.5. The number of carboxylic acid groups (broad SMARTS) is 1. The molecular weight excluding hydrogens is 288 g/mol. The largest absolute Gasteiger partial charge is 0.479 e. The number of fused-ring (bicyclic) bond motifs is 1. The fraction of sp³-hybridized carbons (Fsp3) is 0.267. The van der Waals surface area contributed by atoms with Gasteiger partial charge in [-0.15, -0.1) is 0 Å². The van der Waals surface area contributed by atoms with Gasteiger partial charge in [0.25, 0.3) is 5.91 Å². The average Bonchev–Trinajstić information content (AvgIpc) is 2.73. The zero-order valence-electron chi connectivity index (χ0n) is 12.0. The third-order valence-corrected chi connectivity index (χ3v) is 3.39. The first-order valence-corrected chi connectivity index (χ1v) is 6.58. The Labute approximate surface area is 127 Å². The third-order valence-electron chi connectivity index (χ3n) is 3.39. The highest BCUT2D eigenvalue weighted by molar-refractivity contribution is 6.10. The van der Waals surface area contributed by atoms with Crippen LogP contribution in [0.4, 0.5) is 0 Å². The first kappa shape index (κ1) is 15.7. The van der Waals surface area contributed by atoms with Crippen LogP contribution >= 0.6 is 0 Å². The summed E-state index contributed by atoms with van der Waals surface area (Å²) in [5, 5.41) is 11.2. The predicted octanol–water partition coefficient (Wildman–Crippen LogP) is 0.329. The maximum Gasteiger partial charge on any atom is 0.334 e. The Morgan fingerprint density at radius 3 is 2.55 bits per heavy atom. The van der Waals surface area contributed by atoms with E-state index in [4.69, 9.17) is 9.84 Å². The van der Waals surface area contributed by atoms with E-state index in [2.05, 4.69) is 11.9 Å². The van der Waals surface area contributed by atoms with Crippen molar-refractivity contribution in [2.75, 3.05) is 20.2 Å². The fourth-order valence-corrected chi connectivity index (χ4v) is 2.18. The van der Waals surface area contributed by atoms with Gasteiger partial charge >= 0.3 is 5.97 Å². The molecule has 2 rings (SSSR count). The molecule has 0 radical (unpaired) electrons. The van der Waals surface area contributed by atoms with E-state index >= 15 is 0 Å². The van der Waals surface area contributed by atoms with Crippen LogP contribution in [0, 0.1) is 0 Å². The minimum Gasteiger partial charge on any atom is -0.479 e. The van der Waals surface area contributed by atoms with Crippen molar-refractivity contribution in [3.8, 4) is 0 Å². The summed E-state index contributed by atoms with van der Waals surface area (Å²) in [7, 11) is 1.24. The van der Waals surface area contributed by atoms with E-state index in [0.717, 1.165) is 0 Å². The SMILES string of the molecule is C=C1c2ccccc2C(=O)N1CC(=O)NCC(OC)C(=O)O. The second kappa shape index (κ2) is 6.40. The second-order valence-corrected chi connectivity index (χ2v) is 4.75. The quantitative estimate of drug-likeness (QED) is 0.789. The second-order valence-electron chi connectivity index (χ2n) is 4.75. The van der Waals surface area contributed by atoms with Gasteiger partial charge in [-0.3, -0.25) is 14.5 Å². The average molecular weight is 304 g/mol. The fourth-order valence-electron chi connectivity index (χ4n) is 2.18. The molecule has 1 atom stereocenters. The minimum atomic E-state index is -1.17. The van der Waals surface area contributed by atoms with Gasteiger partial charge in [0, 0.05) is 23.9 Å². The summed E-state index contributed by atoms with van der Waals surface area (Å²) >= 11 is 0. The highest BCUT2D eigenvalue weighted by atomic mass is 16.5. The number of carbonyl (C=O) groups is 3. The van der Waals surface area contributed by atoms with Crippen LogP contribution in [0.25, 0.3) is 5.70 Å². The molecule has 1 heterocycles. The number of ether oxygens (including phenoxy) is 1. The summed E-state index contributed by atoms with van der Waals surface area (Å²) in [6.07, 6.45) is -1.13. The maximum absolute atomic E-state index is 12.2. The van der Waals surface area contributed by atoms with Crippen molar-refractivity contribution < 1.29 is 24.2 Å². The molecule has 1 aliphatic heterocycles. The van der Waals surface area contributed by atoms with Crippen molar-refractivity contribution in [3.05, 3.63) is 42.0 Å². The third kappa shape index (κ3) is 2.99. The molecule has 1 aromatic rings. The lowest BCUT2D eigenvalue weighted by Gasteiger charge is -2.18. The summed E-state index contributed by atoms with van der Waals surface area (Å²) < 4.78 is 4.71. The van der Waals surface area contributed by atoms with Gasteiger partial charge < -0.3 is 15.2 Å². The number of benzene rings is 1. The molecular formula is C15H16N2O5. The molecule has 7 nitrogen and oxygen atoms in total. The van der Waals surface area contributed by atoms with Crippen molar-refractivity contribution >= 4 is 23.5 Å². The normalized spacial score (nSPS) is 14.7. The lowest BCUT2D eigenvalue weighted by molar-refractivity contribution is -0.148. The van der Waals surface area contributed by atoms with Crippen molar-refractivity contribution in [3.63, 3.8) is 0 Å². The number of amides is 2. The molecule has 0 aliphatic carbocycles. The van der Waals surface area contributed by atoms with Crippen LogP contribution < -0.4 is 5.32 Å². The molecule has 22 heavy (non-hydrogen) atoms. The number of aliphatic carboxylic acids is 1. The van der Waals surface area contributed by atoms with Gasteiger partial charge in [-0.05, 0) is 6.07 Å². The Kier molecular flexibility index (Phi) is 4.57. The molecule has 0 bridgehead atoms. The van der Waals surface area contributed by atoms with Crippen molar-refractivity contribution in [2.24, 2.45) is 0 Å². The predicted molar refractivity (Wildman–Crippen MR) is 78.0 cm³/mol. The van der Waals surface area contributed by atoms with E-state index in [9.17, 15) is 14.4 Å². The van der Waals surface area contributed by atoms with Crippen LogP contribution in [0.3, 0.4) is 0 Å². The molecule has 0 spiro atoms. The Bertz CT molecular complexity index is 606. The molecule has 2 N–H and O–H groups in total. The number of hydrogen-bond acceptors (Lipinski definition) is 4. The molecule has 0 aromatic heterocycles. The Morgan fingerprint density at radius 1 is 1.36 bits per heavy atom. The smallest absolute Gasteiger partial charge is 0.334 e. The van der Waals surface area contributed by atoms with Crippen LogP contribution in [0.2, 0.25) is 0 Å². The number of carbonyl (C=O) groups excluding carboxylic acids is 2. The van der Waals surface area contributed by atoms with Gasteiger partial charge in [-0.25, -0.2) is 4.79 Å². The monoisotopic (exact) mass is 304 g/mol. The van der Waals surface area contributed by atoms with E-state index in [1.54, 1.807) is 24.3 Å². The van der Waals surface area contributed by atoms with E-state index < -0.39 is 18.0 Å². The summed E-state index contributed by atoms with van der Waals surface area (Å²) in [5.74, 6) is -1.94. The summed E-state index contributed by atoms with van der Waals surface area (Å²) in [6, 6.07) is 6.96. The van der Waals surface area contributed by atoms with Gasteiger partial charge in [-0.2, -0.15) is 0 Å². The lowest BCUT2D eigenvalue weighted by atomic mass is 10.1. The van der Waals surface area contributed by atoms with E-state index in [-0.39, 0.29) is 19.0 Å². The Balaban J connectivity index is 1.98. The zero-order chi connectivity index (χ0) is 16.3. The van der Waals surface area contributed by atoms with E-state index in [1.165, 1.54) is 12.0 Å². The van der Waals surface area contributed by atoms with Crippen LogP contribution in [-0.4, -0.2) is 54.1 Å². The first-order valence-electron chi connectivity index (χ1n) is 6.58. The number of rotatable bonds is 6. The molecule has 0 saturated heterocycles. The standard InChI is InChI=1S/C15H16N2O5/c1-9-10-5-3-4-6-11(10)14(19)17(9)8-13(18)16-7-12(22-2)15(20)21/h3-6,12H,1,7-8H2,2H3,(H,16,18)(H,20,21). The van der Waals surface area contributed by atoms with Crippen LogP contribution in [0.5, 0.6) is 0 Å². The summed E-state index contributed by atoms with van der Waals surface area (Å²) in [5.41, 5.74) is 1.65. The lowest BCUT2D eigenvalue weighted by Crippen LogP contribution is -2.42. The number of hydrogen-bond donors (Lipinski definition) is 2. The summed E-state index contributed by atoms with van der Waals surface area (Å²) in [4.78, 5) is 36.2. The maximum atomic E-state index is 12.2. The molecule has 1 aliphatic rings. The van der Waals surface area contributed by atoms with Crippen LogP contribution in [-0.2, 0) is 14.3 Å². The number of nitrogens with one attached hydrogen (secondary N) is 1. The van der Waals surface area contributed by atoms with Gasteiger partial charge in [0.1, 0.15) is 6.54 Å². The molecule has 0 saturated carbocycles. The summed E-state index contributed by atoms with van der Waals surface area (Å²) in [6.45, 7) is 3.43. The highest BCUT2D eigenvalue weighted by Crippen LogP contribution is 2.30. The van der Waals surface area contributed by atoms with Gasteiger partial charge in [0.05, 0.1) is 6.54 Å². The van der Waals surface area contributed by atoms with Crippen LogP contribution in [0.15, 0.2) is 30.8 Å². The Morgan fingerprint density at radius 2 is 2.00 bits per heavy atom. The molecule has 116 valence electrons. The zero-order valence-corrected chi connectivity index (χ0v) is 12.0. The molecule has 7 heteroatoms. The topological polar surface area (TPSA) is 95.9 Å². The highest BCUT2D eigenvalue weighted by Gasteiger charge is 2.32. The van der Waals surface area contributed by atoms with Gasteiger partial charge in [-0.1, -0.05) is 24.8 Å². The Hall–Kier alpha value is -2.67. The molecule has 0 fully saturated rings. The molecule has 2 amide bonds. The van der Waals surface area contributed by atoms with E-state index in [0.29, 0.717) is 16.8 Å². The van der Waals surface area contributed by atoms with Gasteiger partial charge in [0.2, 0.25) is 5.91 Å². The van der Waals surface area contributed by atoms with Crippen molar-refractivity contribution in [1.29, 1.82) is 0 Å². The molecule has 1 aromatic carbocycles. The van der Waals surface area contributed by atoms with Gasteiger partial charge in [0.15, 0.2) is 6.10 Å². The number of nitrogens with zero attached hydrogens (tertiary/aromatic N) is 1. The minimum absolute atomic E-state index is 0.174.